The normalized spacial score (nSPS) is 28.8. The highest BCUT2D eigenvalue weighted by atomic mass is 16.3. The molecule has 0 aliphatic heterocycles. The summed E-state index contributed by atoms with van der Waals surface area (Å²) in [6.45, 7) is 0. The Kier molecular flexibility index (Phi) is 3.36. The molecule has 2 saturated carbocycles. The van der Waals surface area contributed by atoms with E-state index in [1.165, 1.54) is 51.4 Å². The zero-order chi connectivity index (χ0) is 10.9. The van der Waals surface area contributed by atoms with Crippen LogP contribution in [0.5, 0.6) is 0 Å². The van der Waals surface area contributed by atoms with Gasteiger partial charge in [-0.05, 0) is 45.7 Å². The number of aliphatic hydroxyl groups is 1. The van der Waals surface area contributed by atoms with Gasteiger partial charge in [0, 0.05) is 5.54 Å². The first-order valence-corrected chi connectivity index (χ1v) is 6.52. The summed E-state index contributed by atoms with van der Waals surface area (Å²) in [5.41, 5.74) is 0.106. The van der Waals surface area contributed by atoms with E-state index in [-0.39, 0.29) is 11.6 Å². The number of nitrogens with zero attached hydrogens (tertiary/aromatic N) is 1. The zero-order valence-electron chi connectivity index (χ0n) is 10.2. The number of likely N-dealkylation sites (N-methyl/N-ethyl adjacent to an activating group) is 1. The van der Waals surface area contributed by atoms with Crippen molar-refractivity contribution in [1.82, 2.24) is 4.90 Å². The molecule has 2 fully saturated rings. The molecule has 2 aliphatic carbocycles. The molecule has 1 unspecified atom stereocenters. The van der Waals surface area contributed by atoms with E-state index in [4.69, 9.17) is 0 Å². The first-order chi connectivity index (χ1) is 7.17. The number of hydrogen-bond acceptors (Lipinski definition) is 2. The Labute approximate surface area is 93.7 Å². The first-order valence-electron chi connectivity index (χ1n) is 6.52. The van der Waals surface area contributed by atoms with Gasteiger partial charge < -0.3 is 10.0 Å². The average molecular weight is 211 g/mol. The van der Waals surface area contributed by atoms with Gasteiger partial charge in [0.05, 0.1) is 6.10 Å². The zero-order valence-corrected chi connectivity index (χ0v) is 10.2. The fraction of sp³-hybridized carbons (Fsp3) is 1.00. The summed E-state index contributed by atoms with van der Waals surface area (Å²) in [6.07, 6.45) is 10.0. The van der Waals surface area contributed by atoms with E-state index in [2.05, 4.69) is 19.0 Å². The second-order valence-corrected chi connectivity index (χ2v) is 5.69. The lowest BCUT2D eigenvalue weighted by molar-refractivity contribution is -0.0370. The van der Waals surface area contributed by atoms with Crippen LogP contribution in [-0.4, -0.2) is 35.7 Å². The maximum Gasteiger partial charge on any atom is 0.0751 e. The SMILES string of the molecule is CN(C)C1(C(O)C2CCCC2)CCCC1. The fourth-order valence-corrected chi connectivity index (χ4v) is 3.71. The summed E-state index contributed by atoms with van der Waals surface area (Å²) in [4.78, 5) is 2.29. The van der Waals surface area contributed by atoms with E-state index in [1.54, 1.807) is 0 Å². The Morgan fingerprint density at radius 3 is 2.07 bits per heavy atom. The topological polar surface area (TPSA) is 23.5 Å². The van der Waals surface area contributed by atoms with Crippen LogP contribution in [0, 0.1) is 5.92 Å². The fourth-order valence-electron chi connectivity index (χ4n) is 3.71. The predicted octanol–water partition coefficient (Wildman–Crippen LogP) is 2.41. The highest BCUT2D eigenvalue weighted by molar-refractivity contribution is 5.01. The molecular formula is C13H25NO. The van der Waals surface area contributed by atoms with Crippen LogP contribution in [-0.2, 0) is 0 Å². The largest absolute Gasteiger partial charge is 0.391 e. The van der Waals surface area contributed by atoms with E-state index < -0.39 is 0 Å². The van der Waals surface area contributed by atoms with Gasteiger partial charge in [0.15, 0.2) is 0 Å². The quantitative estimate of drug-likeness (QED) is 0.775. The number of aliphatic hydroxyl groups excluding tert-OH is 1. The Morgan fingerprint density at radius 1 is 1.07 bits per heavy atom. The minimum atomic E-state index is -0.0856. The minimum absolute atomic E-state index is 0.0856. The average Bonchev–Trinajstić information content (AvgIpc) is 2.89. The van der Waals surface area contributed by atoms with Crippen molar-refractivity contribution in [3.8, 4) is 0 Å². The third-order valence-electron chi connectivity index (χ3n) is 4.76. The van der Waals surface area contributed by atoms with Crippen molar-refractivity contribution in [1.29, 1.82) is 0 Å². The summed E-state index contributed by atoms with van der Waals surface area (Å²) in [5.74, 6) is 0.575. The van der Waals surface area contributed by atoms with Crippen molar-refractivity contribution in [2.45, 2.75) is 63.0 Å². The lowest BCUT2D eigenvalue weighted by atomic mass is 9.80. The van der Waals surface area contributed by atoms with Crippen LogP contribution < -0.4 is 0 Å². The van der Waals surface area contributed by atoms with Crippen molar-refractivity contribution in [2.75, 3.05) is 14.1 Å². The van der Waals surface area contributed by atoms with E-state index in [9.17, 15) is 5.11 Å². The predicted molar refractivity (Wildman–Crippen MR) is 62.9 cm³/mol. The molecular weight excluding hydrogens is 186 g/mol. The second-order valence-electron chi connectivity index (χ2n) is 5.69. The summed E-state index contributed by atoms with van der Waals surface area (Å²) < 4.78 is 0. The standard InChI is InChI=1S/C13H25NO/c1-14(2)13(9-5-6-10-13)12(15)11-7-3-4-8-11/h11-12,15H,3-10H2,1-2H3. The van der Waals surface area contributed by atoms with Gasteiger partial charge in [0.2, 0.25) is 0 Å². The highest BCUT2D eigenvalue weighted by Gasteiger charge is 2.45. The molecule has 0 aromatic heterocycles. The maximum absolute atomic E-state index is 10.6. The molecule has 2 aliphatic rings. The van der Waals surface area contributed by atoms with Crippen LogP contribution in [0.3, 0.4) is 0 Å². The third kappa shape index (κ3) is 1.94. The molecule has 0 bridgehead atoms. The van der Waals surface area contributed by atoms with Gasteiger partial charge in [-0.2, -0.15) is 0 Å². The van der Waals surface area contributed by atoms with E-state index in [0.717, 1.165) is 0 Å². The molecule has 0 heterocycles. The van der Waals surface area contributed by atoms with Crippen molar-refractivity contribution in [3.63, 3.8) is 0 Å². The van der Waals surface area contributed by atoms with Crippen LogP contribution in [0.4, 0.5) is 0 Å². The third-order valence-corrected chi connectivity index (χ3v) is 4.76. The minimum Gasteiger partial charge on any atom is -0.391 e. The summed E-state index contributed by atoms with van der Waals surface area (Å²) in [6, 6.07) is 0. The lowest BCUT2D eigenvalue weighted by Crippen LogP contribution is -2.54. The summed E-state index contributed by atoms with van der Waals surface area (Å²) in [7, 11) is 4.28. The van der Waals surface area contributed by atoms with E-state index >= 15 is 0 Å². The smallest absolute Gasteiger partial charge is 0.0751 e. The molecule has 0 amide bonds. The molecule has 0 aromatic rings. The van der Waals surface area contributed by atoms with Crippen LogP contribution >= 0.6 is 0 Å². The highest BCUT2D eigenvalue weighted by Crippen LogP contribution is 2.42. The molecule has 2 heteroatoms. The molecule has 88 valence electrons. The molecule has 2 nitrogen and oxygen atoms in total. The van der Waals surface area contributed by atoms with Crippen molar-refractivity contribution >= 4 is 0 Å². The number of hydrogen-bond donors (Lipinski definition) is 1. The Bertz CT molecular complexity index is 203. The van der Waals surface area contributed by atoms with E-state index in [0.29, 0.717) is 5.92 Å². The molecule has 0 radical (unpaired) electrons. The van der Waals surface area contributed by atoms with Crippen LogP contribution in [0.25, 0.3) is 0 Å². The molecule has 0 saturated heterocycles. The molecule has 2 rings (SSSR count). The van der Waals surface area contributed by atoms with Crippen LogP contribution in [0.1, 0.15) is 51.4 Å². The van der Waals surface area contributed by atoms with Gasteiger partial charge in [-0.3, -0.25) is 0 Å². The van der Waals surface area contributed by atoms with Gasteiger partial charge >= 0.3 is 0 Å². The van der Waals surface area contributed by atoms with Gasteiger partial charge in [-0.15, -0.1) is 0 Å². The van der Waals surface area contributed by atoms with Crippen molar-refractivity contribution in [3.05, 3.63) is 0 Å². The first kappa shape index (κ1) is 11.4. The summed E-state index contributed by atoms with van der Waals surface area (Å²) >= 11 is 0. The Balaban J connectivity index is 2.09. The molecule has 1 atom stereocenters. The Morgan fingerprint density at radius 2 is 1.60 bits per heavy atom. The van der Waals surface area contributed by atoms with Gasteiger partial charge in [-0.25, -0.2) is 0 Å². The molecule has 1 N–H and O–H groups in total. The van der Waals surface area contributed by atoms with Crippen molar-refractivity contribution in [2.24, 2.45) is 5.92 Å². The van der Waals surface area contributed by atoms with Crippen molar-refractivity contribution < 1.29 is 5.11 Å². The number of rotatable bonds is 3. The molecule has 15 heavy (non-hydrogen) atoms. The molecule has 0 spiro atoms. The van der Waals surface area contributed by atoms with Gasteiger partial charge in [0.1, 0.15) is 0 Å². The second kappa shape index (κ2) is 4.42. The maximum atomic E-state index is 10.6. The lowest BCUT2D eigenvalue weighted by Gasteiger charge is -2.43. The van der Waals surface area contributed by atoms with Crippen LogP contribution in [0.2, 0.25) is 0 Å². The monoisotopic (exact) mass is 211 g/mol. The van der Waals surface area contributed by atoms with E-state index in [1.807, 2.05) is 0 Å². The van der Waals surface area contributed by atoms with Gasteiger partial charge in [0.25, 0.3) is 0 Å². The summed E-state index contributed by atoms with van der Waals surface area (Å²) in [5, 5.41) is 10.6. The van der Waals surface area contributed by atoms with Crippen LogP contribution in [0.15, 0.2) is 0 Å². The Hall–Kier alpha value is -0.0800. The van der Waals surface area contributed by atoms with Gasteiger partial charge in [-0.1, -0.05) is 25.7 Å². The molecule has 0 aromatic carbocycles.